The number of nitrogens with one attached hydrogen (secondary N) is 2. The molecule has 0 spiro atoms. The summed E-state index contributed by atoms with van der Waals surface area (Å²) in [5.41, 5.74) is 2.16. The molecule has 1 atom stereocenters. The second-order valence-electron chi connectivity index (χ2n) is 6.33. The summed E-state index contributed by atoms with van der Waals surface area (Å²) in [5.74, 6) is 0.0153. The molecule has 3 rings (SSSR count). The third-order valence-corrected chi connectivity index (χ3v) is 4.03. The van der Waals surface area contributed by atoms with Gasteiger partial charge >= 0.3 is 0 Å². The van der Waals surface area contributed by atoms with Gasteiger partial charge in [-0.1, -0.05) is 43.2 Å². The van der Waals surface area contributed by atoms with E-state index < -0.39 is 6.04 Å². The van der Waals surface area contributed by atoms with E-state index >= 15 is 0 Å². The van der Waals surface area contributed by atoms with Crippen molar-refractivity contribution in [3.05, 3.63) is 35.4 Å². The second kappa shape index (κ2) is 6.77. The molecular weight excluding hydrogens is 308 g/mol. The maximum Gasteiger partial charge on any atom is 0.269 e. The Kier molecular flexibility index (Phi) is 4.54. The highest BCUT2D eigenvalue weighted by molar-refractivity contribution is 5.96. The van der Waals surface area contributed by atoms with Crippen LogP contribution in [-0.4, -0.2) is 43.4 Å². The summed E-state index contributed by atoms with van der Waals surface area (Å²) in [7, 11) is 0. The molecule has 2 aromatic rings. The summed E-state index contributed by atoms with van der Waals surface area (Å²) in [6, 6.07) is 7.30. The fourth-order valence-corrected chi connectivity index (χ4v) is 2.89. The van der Waals surface area contributed by atoms with Crippen LogP contribution in [0.3, 0.4) is 0 Å². The van der Waals surface area contributed by atoms with E-state index in [0.717, 1.165) is 11.1 Å². The van der Waals surface area contributed by atoms with E-state index in [4.69, 9.17) is 0 Å². The van der Waals surface area contributed by atoms with Crippen molar-refractivity contribution >= 4 is 17.8 Å². The van der Waals surface area contributed by atoms with Crippen LogP contribution >= 0.6 is 0 Å². The number of nitrogens with zero attached hydrogens (tertiary/aromatic N) is 4. The van der Waals surface area contributed by atoms with Gasteiger partial charge in [0, 0.05) is 19.4 Å². The van der Waals surface area contributed by atoms with Gasteiger partial charge in [0.2, 0.25) is 11.8 Å². The number of tetrazole rings is 1. The Morgan fingerprint density at radius 1 is 1.33 bits per heavy atom. The van der Waals surface area contributed by atoms with E-state index in [1.54, 1.807) is 4.90 Å². The van der Waals surface area contributed by atoms with Gasteiger partial charge in [0.1, 0.15) is 6.04 Å². The number of rotatable bonds is 4. The number of hydrogen-bond donors (Lipinski definition) is 2. The Morgan fingerprint density at radius 3 is 2.75 bits per heavy atom. The molecule has 1 unspecified atom stereocenters. The molecular formula is C16H20N6O2. The lowest BCUT2D eigenvalue weighted by molar-refractivity contribution is -0.140. The van der Waals surface area contributed by atoms with E-state index in [0.29, 0.717) is 19.4 Å². The zero-order valence-corrected chi connectivity index (χ0v) is 13.7. The molecule has 8 nitrogen and oxygen atoms in total. The van der Waals surface area contributed by atoms with Gasteiger partial charge < -0.3 is 4.90 Å². The highest BCUT2D eigenvalue weighted by Crippen LogP contribution is 2.25. The van der Waals surface area contributed by atoms with Gasteiger partial charge in [-0.15, -0.1) is 5.10 Å². The summed E-state index contributed by atoms with van der Waals surface area (Å²) in [5, 5.41) is 15.8. The van der Waals surface area contributed by atoms with E-state index in [9.17, 15) is 9.59 Å². The SMILES string of the molecule is CC(C)CC(=O)N1Cc2ccccc2CC1C(=O)Nc1nn[nH]n1. The Hall–Kier alpha value is -2.77. The Morgan fingerprint density at radius 2 is 2.08 bits per heavy atom. The smallest absolute Gasteiger partial charge is 0.269 e. The minimum atomic E-state index is -0.579. The van der Waals surface area contributed by atoms with E-state index in [2.05, 4.69) is 25.9 Å². The Balaban J connectivity index is 1.84. The highest BCUT2D eigenvalue weighted by atomic mass is 16.2. The lowest BCUT2D eigenvalue weighted by Crippen LogP contribution is -2.51. The standard InChI is InChI=1S/C16H20N6O2/c1-10(2)7-14(23)22-9-12-6-4-3-5-11(12)8-13(22)15(24)17-16-18-20-21-19-16/h3-6,10,13H,7-9H2,1-2H3,(H2,17,18,19,20,21,24). The largest absolute Gasteiger partial charge is 0.326 e. The molecule has 8 heteroatoms. The molecule has 24 heavy (non-hydrogen) atoms. The first-order valence-electron chi connectivity index (χ1n) is 7.95. The van der Waals surface area contributed by atoms with Gasteiger partial charge in [0.05, 0.1) is 0 Å². The summed E-state index contributed by atoms with van der Waals surface area (Å²) in [4.78, 5) is 26.9. The fourth-order valence-electron chi connectivity index (χ4n) is 2.89. The van der Waals surface area contributed by atoms with Crippen LogP contribution in [0, 0.1) is 5.92 Å². The number of aromatic nitrogens is 4. The third kappa shape index (κ3) is 3.42. The molecule has 0 saturated carbocycles. The van der Waals surface area contributed by atoms with Crippen LogP contribution in [0.5, 0.6) is 0 Å². The number of benzene rings is 1. The van der Waals surface area contributed by atoms with E-state index in [1.165, 1.54) is 0 Å². The van der Waals surface area contributed by atoms with Crippen molar-refractivity contribution in [2.75, 3.05) is 5.32 Å². The maximum atomic E-state index is 12.6. The number of carbonyl (C=O) groups excluding carboxylic acids is 2. The quantitative estimate of drug-likeness (QED) is 0.876. The van der Waals surface area contributed by atoms with Crippen molar-refractivity contribution in [1.82, 2.24) is 25.5 Å². The zero-order chi connectivity index (χ0) is 17.1. The maximum absolute atomic E-state index is 12.6. The average molecular weight is 328 g/mol. The molecule has 1 aliphatic heterocycles. The Bertz CT molecular complexity index is 728. The monoisotopic (exact) mass is 328 g/mol. The minimum Gasteiger partial charge on any atom is -0.326 e. The molecule has 1 aromatic heterocycles. The first-order chi connectivity index (χ1) is 11.5. The summed E-state index contributed by atoms with van der Waals surface area (Å²) >= 11 is 0. The van der Waals surface area contributed by atoms with Crippen molar-refractivity contribution in [3.8, 4) is 0 Å². The molecule has 2 N–H and O–H groups in total. The van der Waals surface area contributed by atoms with Gasteiger partial charge in [-0.05, 0) is 22.3 Å². The summed E-state index contributed by atoms with van der Waals surface area (Å²) < 4.78 is 0. The molecule has 2 amide bonds. The van der Waals surface area contributed by atoms with Crippen LogP contribution in [-0.2, 0) is 22.6 Å². The lowest BCUT2D eigenvalue weighted by atomic mass is 9.92. The summed E-state index contributed by atoms with van der Waals surface area (Å²) in [6.07, 6.45) is 0.887. The van der Waals surface area contributed by atoms with Gasteiger partial charge in [-0.3, -0.25) is 14.9 Å². The number of aromatic amines is 1. The van der Waals surface area contributed by atoms with Crippen LogP contribution < -0.4 is 5.32 Å². The summed E-state index contributed by atoms with van der Waals surface area (Å²) in [6.45, 7) is 4.42. The molecule has 1 aromatic carbocycles. The van der Waals surface area contributed by atoms with E-state index in [1.807, 2.05) is 38.1 Å². The van der Waals surface area contributed by atoms with Crippen LogP contribution in [0.4, 0.5) is 5.95 Å². The molecule has 0 radical (unpaired) electrons. The molecule has 0 fully saturated rings. The molecule has 2 heterocycles. The van der Waals surface area contributed by atoms with Gasteiger partial charge in [0.25, 0.3) is 5.95 Å². The van der Waals surface area contributed by atoms with Crippen LogP contribution in [0.25, 0.3) is 0 Å². The fraction of sp³-hybridized carbons (Fsp3) is 0.438. The van der Waals surface area contributed by atoms with Crippen molar-refractivity contribution < 1.29 is 9.59 Å². The topological polar surface area (TPSA) is 104 Å². The first-order valence-corrected chi connectivity index (χ1v) is 7.95. The predicted octanol–water partition coefficient (Wildman–Crippen LogP) is 1.14. The first kappa shape index (κ1) is 16.1. The number of amides is 2. The number of hydrogen-bond acceptors (Lipinski definition) is 5. The number of H-pyrrole nitrogens is 1. The molecule has 0 saturated heterocycles. The molecule has 1 aliphatic rings. The van der Waals surface area contributed by atoms with Gasteiger partial charge in [-0.25, -0.2) is 0 Å². The lowest BCUT2D eigenvalue weighted by Gasteiger charge is -2.36. The van der Waals surface area contributed by atoms with Crippen molar-refractivity contribution in [2.45, 2.75) is 39.3 Å². The van der Waals surface area contributed by atoms with Gasteiger partial charge in [-0.2, -0.15) is 5.21 Å². The molecule has 126 valence electrons. The van der Waals surface area contributed by atoms with Crippen LogP contribution in [0.15, 0.2) is 24.3 Å². The number of fused-ring (bicyclic) bond motifs is 1. The zero-order valence-electron chi connectivity index (χ0n) is 13.7. The minimum absolute atomic E-state index is 0.0206. The Labute approximate surface area is 139 Å². The molecule has 0 bridgehead atoms. The van der Waals surface area contributed by atoms with Crippen molar-refractivity contribution in [3.63, 3.8) is 0 Å². The predicted molar refractivity (Wildman–Crippen MR) is 86.7 cm³/mol. The van der Waals surface area contributed by atoms with Crippen molar-refractivity contribution in [2.24, 2.45) is 5.92 Å². The second-order valence-corrected chi connectivity index (χ2v) is 6.33. The highest BCUT2D eigenvalue weighted by Gasteiger charge is 2.34. The van der Waals surface area contributed by atoms with Crippen LogP contribution in [0.2, 0.25) is 0 Å². The van der Waals surface area contributed by atoms with Crippen molar-refractivity contribution in [1.29, 1.82) is 0 Å². The average Bonchev–Trinajstić information content (AvgIpc) is 3.05. The number of anilines is 1. The van der Waals surface area contributed by atoms with Crippen LogP contribution in [0.1, 0.15) is 31.4 Å². The van der Waals surface area contributed by atoms with E-state index in [-0.39, 0.29) is 23.7 Å². The third-order valence-electron chi connectivity index (χ3n) is 4.03. The molecule has 0 aliphatic carbocycles. The van der Waals surface area contributed by atoms with Gasteiger partial charge in [0.15, 0.2) is 0 Å². The number of carbonyl (C=O) groups is 2. The normalized spacial score (nSPS) is 16.8.